The van der Waals surface area contributed by atoms with E-state index >= 15 is 0 Å². The van der Waals surface area contributed by atoms with Gasteiger partial charge in [-0.1, -0.05) is 6.07 Å². The maximum atomic E-state index is 13.3. The molecule has 0 saturated heterocycles. The van der Waals surface area contributed by atoms with Gasteiger partial charge in [-0.3, -0.25) is 9.52 Å². The second kappa shape index (κ2) is 5.01. The van der Waals surface area contributed by atoms with Crippen molar-refractivity contribution < 1.29 is 22.7 Å². The second-order valence-corrected chi connectivity index (χ2v) is 6.08. The zero-order valence-electron chi connectivity index (χ0n) is 8.65. The first kappa shape index (κ1) is 13.9. The van der Waals surface area contributed by atoms with E-state index in [2.05, 4.69) is 15.9 Å². The van der Waals surface area contributed by atoms with Crippen LogP contribution in [0.25, 0.3) is 0 Å². The third kappa shape index (κ3) is 3.16. The summed E-state index contributed by atoms with van der Waals surface area (Å²) in [5.41, 5.74) is -0.305. The molecule has 0 aliphatic rings. The molecule has 0 aromatic heterocycles. The van der Waals surface area contributed by atoms with Gasteiger partial charge < -0.3 is 5.11 Å². The Balaban J connectivity index is 3.11. The third-order valence-electron chi connectivity index (χ3n) is 2.02. The minimum absolute atomic E-state index is 0.193. The molecule has 0 heterocycles. The predicted molar refractivity (Wildman–Crippen MR) is 63.7 cm³/mol. The van der Waals surface area contributed by atoms with Crippen LogP contribution in [-0.2, 0) is 14.8 Å². The number of anilines is 1. The molecule has 0 saturated carbocycles. The summed E-state index contributed by atoms with van der Waals surface area (Å²) in [7, 11) is -4.18. The molecule has 0 amide bonds. The number of sulfonamides is 1. The van der Waals surface area contributed by atoms with E-state index in [4.69, 9.17) is 5.11 Å². The van der Waals surface area contributed by atoms with Gasteiger partial charge in [-0.2, -0.15) is 0 Å². The smallest absolute Gasteiger partial charge is 0.323 e. The maximum Gasteiger partial charge on any atom is 0.323 e. The Morgan fingerprint density at radius 3 is 2.59 bits per heavy atom. The van der Waals surface area contributed by atoms with Crippen molar-refractivity contribution in [3.05, 3.63) is 28.5 Å². The molecule has 0 fully saturated rings. The zero-order chi connectivity index (χ0) is 13.2. The minimum atomic E-state index is -4.18. The molecule has 0 aliphatic carbocycles. The Labute approximate surface area is 106 Å². The fraction of sp³-hybridized carbons (Fsp3) is 0.222. The average Bonchev–Trinajstić information content (AvgIpc) is 2.22. The summed E-state index contributed by atoms with van der Waals surface area (Å²) in [5.74, 6) is -2.30. The first-order valence-corrected chi connectivity index (χ1v) is 6.78. The molecule has 8 heteroatoms. The van der Waals surface area contributed by atoms with Crippen molar-refractivity contribution in [3.8, 4) is 0 Å². The number of halogens is 2. The lowest BCUT2D eigenvalue weighted by Crippen LogP contribution is -2.32. The van der Waals surface area contributed by atoms with E-state index in [9.17, 15) is 17.6 Å². The van der Waals surface area contributed by atoms with Gasteiger partial charge in [0.15, 0.2) is 5.25 Å². The zero-order valence-corrected chi connectivity index (χ0v) is 11.0. The van der Waals surface area contributed by atoms with Gasteiger partial charge in [0.25, 0.3) is 0 Å². The summed E-state index contributed by atoms with van der Waals surface area (Å²) in [6.45, 7) is 0.999. The van der Waals surface area contributed by atoms with Crippen molar-refractivity contribution in [1.82, 2.24) is 0 Å². The number of para-hydroxylation sites is 1. The number of rotatable bonds is 4. The van der Waals surface area contributed by atoms with Gasteiger partial charge in [-0.05, 0) is 35.0 Å². The van der Waals surface area contributed by atoms with Gasteiger partial charge in [0.05, 0.1) is 5.69 Å². The number of hydrogen-bond donors (Lipinski definition) is 2. The summed E-state index contributed by atoms with van der Waals surface area (Å²) >= 11 is 2.97. The van der Waals surface area contributed by atoms with Gasteiger partial charge in [0, 0.05) is 4.47 Å². The van der Waals surface area contributed by atoms with E-state index in [1.54, 1.807) is 0 Å². The van der Waals surface area contributed by atoms with Crippen molar-refractivity contribution in [2.75, 3.05) is 4.72 Å². The van der Waals surface area contributed by atoms with E-state index in [1.807, 2.05) is 4.72 Å². The molecule has 1 atom stereocenters. The Hall–Kier alpha value is -1.15. The highest BCUT2D eigenvalue weighted by Crippen LogP contribution is 2.26. The van der Waals surface area contributed by atoms with Crippen LogP contribution in [0, 0.1) is 5.82 Å². The molecule has 17 heavy (non-hydrogen) atoms. The molecule has 0 spiro atoms. The Morgan fingerprint density at radius 1 is 1.53 bits per heavy atom. The molecule has 0 radical (unpaired) electrons. The average molecular weight is 326 g/mol. The molecule has 0 bridgehead atoms. The number of benzene rings is 1. The molecular formula is C9H9BrFNO4S. The van der Waals surface area contributed by atoms with E-state index in [-0.39, 0.29) is 10.2 Å². The van der Waals surface area contributed by atoms with Crippen molar-refractivity contribution in [2.24, 2.45) is 0 Å². The normalized spacial score (nSPS) is 13.1. The summed E-state index contributed by atoms with van der Waals surface area (Å²) in [5, 5.41) is 6.94. The van der Waals surface area contributed by atoms with E-state index in [0.29, 0.717) is 0 Å². The fourth-order valence-corrected chi connectivity index (χ4v) is 2.47. The number of aliphatic carboxylic acids is 1. The van der Waals surface area contributed by atoms with Crippen LogP contribution in [0.15, 0.2) is 22.7 Å². The van der Waals surface area contributed by atoms with Crippen LogP contribution in [0.1, 0.15) is 6.92 Å². The predicted octanol–water partition coefficient (Wildman–Crippen LogP) is 1.80. The molecule has 5 nitrogen and oxygen atoms in total. The van der Waals surface area contributed by atoms with Crippen molar-refractivity contribution in [1.29, 1.82) is 0 Å². The number of carbonyl (C=O) groups is 1. The SMILES string of the molecule is CC(C(=O)O)S(=O)(=O)Nc1c(F)cccc1Br. The van der Waals surface area contributed by atoms with Crippen LogP contribution < -0.4 is 4.72 Å². The van der Waals surface area contributed by atoms with Crippen LogP contribution in [0.3, 0.4) is 0 Å². The third-order valence-corrected chi connectivity index (χ3v) is 4.30. The second-order valence-electron chi connectivity index (χ2n) is 3.22. The highest BCUT2D eigenvalue weighted by molar-refractivity contribution is 9.10. The van der Waals surface area contributed by atoms with Crippen LogP contribution in [0.4, 0.5) is 10.1 Å². The highest BCUT2D eigenvalue weighted by atomic mass is 79.9. The Morgan fingerprint density at radius 2 is 2.12 bits per heavy atom. The molecule has 1 rings (SSSR count). The van der Waals surface area contributed by atoms with Crippen LogP contribution in [-0.4, -0.2) is 24.7 Å². The Bertz CT molecular complexity index is 526. The quantitative estimate of drug-likeness (QED) is 0.884. The van der Waals surface area contributed by atoms with Crippen molar-refractivity contribution in [2.45, 2.75) is 12.2 Å². The lowest BCUT2D eigenvalue weighted by molar-refractivity contribution is -0.136. The van der Waals surface area contributed by atoms with Crippen molar-refractivity contribution >= 4 is 37.6 Å². The first-order valence-electron chi connectivity index (χ1n) is 4.44. The number of carboxylic acids is 1. The molecule has 1 aromatic carbocycles. The van der Waals surface area contributed by atoms with Crippen LogP contribution >= 0.6 is 15.9 Å². The lowest BCUT2D eigenvalue weighted by atomic mass is 10.3. The molecule has 1 aromatic rings. The van der Waals surface area contributed by atoms with E-state index in [0.717, 1.165) is 13.0 Å². The molecule has 94 valence electrons. The lowest BCUT2D eigenvalue weighted by Gasteiger charge is -2.12. The number of nitrogens with one attached hydrogen (secondary N) is 1. The standard InChI is InChI=1S/C9H9BrFNO4S/c1-5(9(13)14)17(15,16)12-8-6(10)3-2-4-7(8)11/h2-5,12H,1H3,(H,13,14). The van der Waals surface area contributed by atoms with Crippen LogP contribution in [0.2, 0.25) is 0 Å². The van der Waals surface area contributed by atoms with Gasteiger partial charge in [0.1, 0.15) is 5.82 Å². The van der Waals surface area contributed by atoms with Crippen LogP contribution in [0.5, 0.6) is 0 Å². The minimum Gasteiger partial charge on any atom is -0.480 e. The topological polar surface area (TPSA) is 83.5 Å². The first-order chi connectivity index (χ1) is 7.75. The molecule has 0 aliphatic heterocycles. The van der Waals surface area contributed by atoms with Gasteiger partial charge in [0.2, 0.25) is 10.0 Å². The molecule has 2 N–H and O–H groups in total. The van der Waals surface area contributed by atoms with Gasteiger partial charge >= 0.3 is 5.97 Å². The Kier molecular flexibility index (Phi) is 4.10. The largest absolute Gasteiger partial charge is 0.480 e. The number of carboxylic acid groups (broad SMARTS) is 1. The fourth-order valence-electron chi connectivity index (χ4n) is 0.959. The summed E-state index contributed by atoms with van der Waals surface area (Å²) < 4.78 is 38.6. The van der Waals surface area contributed by atoms with E-state index < -0.39 is 27.1 Å². The van der Waals surface area contributed by atoms with E-state index in [1.165, 1.54) is 12.1 Å². The van der Waals surface area contributed by atoms with Crippen molar-refractivity contribution in [3.63, 3.8) is 0 Å². The highest BCUT2D eigenvalue weighted by Gasteiger charge is 2.28. The summed E-state index contributed by atoms with van der Waals surface area (Å²) in [4.78, 5) is 10.6. The summed E-state index contributed by atoms with van der Waals surface area (Å²) in [6.07, 6.45) is 0. The van der Waals surface area contributed by atoms with Gasteiger partial charge in [-0.15, -0.1) is 0 Å². The molecule has 1 unspecified atom stereocenters. The monoisotopic (exact) mass is 325 g/mol. The molecular weight excluding hydrogens is 317 g/mol. The van der Waals surface area contributed by atoms with Gasteiger partial charge in [-0.25, -0.2) is 12.8 Å². The summed E-state index contributed by atoms with van der Waals surface area (Å²) in [6, 6.07) is 3.89. The maximum absolute atomic E-state index is 13.3. The number of hydrogen-bond acceptors (Lipinski definition) is 3.